The Balaban J connectivity index is 1.92. The smallest absolute Gasteiger partial charge is 0.269 e. The number of anilines is 1. The summed E-state index contributed by atoms with van der Waals surface area (Å²) in [5, 5.41) is 23.0. The predicted octanol–water partition coefficient (Wildman–Crippen LogP) is 2.46. The largest absolute Gasteiger partial charge is 0.486 e. The molecule has 2 rings (SSSR count). The molecule has 1 heterocycles. The van der Waals surface area contributed by atoms with Crippen molar-refractivity contribution in [2.24, 2.45) is 0 Å². The van der Waals surface area contributed by atoms with E-state index in [-0.39, 0.29) is 5.69 Å². The highest BCUT2D eigenvalue weighted by atomic mass is 32.1. The normalized spacial score (nSPS) is 10.2. The van der Waals surface area contributed by atoms with Crippen LogP contribution in [-0.4, -0.2) is 21.7 Å². The fourth-order valence-corrected chi connectivity index (χ4v) is 2.06. The summed E-state index contributed by atoms with van der Waals surface area (Å²) in [5.41, 5.74) is 0.0395. The maximum absolute atomic E-state index is 10.5. The maximum atomic E-state index is 10.5. The van der Waals surface area contributed by atoms with Crippen molar-refractivity contribution in [3.8, 4) is 5.75 Å². The van der Waals surface area contributed by atoms with Crippen LogP contribution >= 0.6 is 11.3 Å². The molecule has 1 N–H and O–H groups in total. The van der Waals surface area contributed by atoms with Gasteiger partial charge in [-0.2, -0.15) is 0 Å². The summed E-state index contributed by atoms with van der Waals surface area (Å²) in [6.45, 7) is 3.06. The fourth-order valence-electron chi connectivity index (χ4n) is 1.34. The van der Waals surface area contributed by atoms with E-state index in [4.69, 9.17) is 4.74 Å². The van der Waals surface area contributed by atoms with Gasteiger partial charge in [-0.3, -0.25) is 10.1 Å². The van der Waals surface area contributed by atoms with Gasteiger partial charge in [0.1, 0.15) is 12.4 Å². The molecule has 7 nitrogen and oxygen atoms in total. The molecule has 100 valence electrons. The average molecular weight is 280 g/mol. The van der Waals surface area contributed by atoms with Crippen molar-refractivity contribution < 1.29 is 9.66 Å². The monoisotopic (exact) mass is 280 g/mol. The number of non-ortho nitro benzene ring substituents is 1. The SMILES string of the molecule is CCNc1nnc(COc2ccc([N+](=O)[O-])cc2)s1. The van der Waals surface area contributed by atoms with Crippen LogP contribution in [0, 0.1) is 10.1 Å². The van der Waals surface area contributed by atoms with Gasteiger partial charge in [0.25, 0.3) is 5.69 Å². The van der Waals surface area contributed by atoms with Gasteiger partial charge in [-0.15, -0.1) is 10.2 Å². The first-order valence-corrected chi connectivity index (χ1v) is 6.44. The van der Waals surface area contributed by atoms with Crippen molar-refractivity contribution in [1.29, 1.82) is 0 Å². The molecule has 1 aromatic carbocycles. The highest BCUT2D eigenvalue weighted by molar-refractivity contribution is 7.15. The summed E-state index contributed by atoms with van der Waals surface area (Å²) in [5.74, 6) is 0.561. The summed E-state index contributed by atoms with van der Waals surface area (Å²) in [6, 6.07) is 5.92. The van der Waals surface area contributed by atoms with Gasteiger partial charge in [0, 0.05) is 18.7 Å². The Labute approximate surface area is 113 Å². The number of aromatic nitrogens is 2. The molecule has 0 spiro atoms. The average Bonchev–Trinajstić information content (AvgIpc) is 2.85. The third-order valence-corrected chi connectivity index (χ3v) is 3.06. The molecule has 0 radical (unpaired) electrons. The molecule has 0 aliphatic carbocycles. The van der Waals surface area contributed by atoms with E-state index in [0.29, 0.717) is 12.4 Å². The van der Waals surface area contributed by atoms with Crippen LogP contribution in [0.1, 0.15) is 11.9 Å². The number of nitro groups is 1. The van der Waals surface area contributed by atoms with Crippen LogP contribution in [0.5, 0.6) is 5.75 Å². The molecular weight excluding hydrogens is 268 g/mol. The minimum absolute atomic E-state index is 0.0395. The van der Waals surface area contributed by atoms with E-state index in [1.165, 1.54) is 23.5 Å². The number of nitrogens with one attached hydrogen (secondary N) is 1. The number of nitro benzene ring substituents is 1. The third kappa shape index (κ3) is 3.62. The Bertz CT molecular complexity index is 555. The van der Waals surface area contributed by atoms with Crippen molar-refractivity contribution >= 4 is 22.2 Å². The van der Waals surface area contributed by atoms with Gasteiger partial charge in [-0.05, 0) is 19.1 Å². The molecule has 0 aliphatic rings. The fraction of sp³-hybridized carbons (Fsp3) is 0.273. The van der Waals surface area contributed by atoms with Gasteiger partial charge in [-0.25, -0.2) is 0 Å². The molecule has 1 aromatic heterocycles. The van der Waals surface area contributed by atoms with Gasteiger partial charge < -0.3 is 10.1 Å². The first-order valence-electron chi connectivity index (χ1n) is 5.62. The third-order valence-electron chi connectivity index (χ3n) is 2.20. The van der Waals surface area contributed by atoms with E-state index < -0.39 is 4.92 Å². The Morgan fingerprint density at radius 2 is 2.11 bits per heavy atom. The lowest BCUT2D eigenvalue weighted by atomic mass is 10.3. The van der Waals surface area contributed by atoms with E-state index in [1.807, 2.05) is 6.92 Å². The second-order valence-corrected chi connectivity index (χ2v) is 4.63. The minimum Gasteiger partial charge on any atom is -0.486 e. The zero-order valence-corrected chi connectivity index (χ0v) is 11.0. The predicted molar refractivity (Wildman–Crippen MR) is 71.5 cm³/mol. The highest BCUT2D eigenvalue weighted by Gasteiger charge is 2.06. The lowest BCUT2D eigenvalue weighted by Crippen LogP contribution is -1.95. The van der Waals surface area contributed by atoms with Crippen molar-refractivity contribution in [2.45, 2.75) is 13.5 Å². The van der Waals surface area contributed by atoms with Crippen LogP contribution < -0.4 is 10.1 Å². The minimum atomic E-state index is -0.447. The highest BCUT2D eigenvalue weighted by Crippen LogP contribution is 2.20. The van der Waals surface area contributed by atoms with Crippen LogP contribution in [0.3, 0.4) is 0 Å². The van der Waals surface area contributed by atoms with Crippen LogP contribution in [-0.2, 0) is 6.61 Å². The molecule has 19 heavy (non-hydrogen) atoms. The van der Waals surface area contributed by atoms with Gasteiger partial charge in [-0.1, -0.05) is 11.3 Å². The lowest BCUT2D eigenvalue weighted by Gasteiger charge is -2.02. The topological polar surface area (TPSA) is 90.2 Å². The Kier molecular flexibility index (Phi) is 4.24. The second-order valence-electron chi connectivity index (χ2n) is 3.57. The zero-order valence-electron chi connectivity index (χ0n) is 10.2. The number of rotatable bonds is 6. The summed E-state index contributed by atoms with van der Waals surface area (Å²) < 4.78 is 5.48. The Hall–Kier alpha value is -2.22. The number of benzene rings is 1. The molecule has 0 amide bonds. The van der Waals surface area contributed by atoms with Crippen molar-refractivity contribution in [1.82, 2.24) is 10.2 Å². The van der Waals surface area contributed by atoms with E-state index in [2.05, 4.69) is 15.5 Å². The standard InChI is InChI=1S/C11H12N4O3S/c1-2-12-11-14-13-10(19-11)7-18-9-5-3-8(4-6-9)15(16)17/h3-6H,2,7H2,1H3,(H,12,14). The van der Waals surface area contributed by atoms with Crippen molar-refractivity contribution in [3.05, 3.63) is 39.4 Å². The summed E-state index contributed by atoms with van der Waals surface area (Å²) in [4.78, 5) is 10.0. The van der Waals surface area contributed by atoms with Gasteiger partial charge >= 0.3 is 0 Å². The van der Waals surface area contributed by atoms with Gasteiger partial charge in [0.15, 0.2) is 5.01 Å². The number of nitrogens with zero attached hydrogens (tertiary/aromatic N) is 3. The molecule has 2 aromatic rings. The quantitative estimate of drug-likeness (QED) is 0.645. The van der Waals surface area contributed by atoms with Gasteiger partial charge in [0.05, 0.1) is 4.92 Å². The number of hydrogen-bond acceptors (Lipinski definition) is 7. The van der Waals surface area contributed by atoms with Crippen LogP contribution in [0.25, 0.3) is 0 Å². The molecule has 8 heteroatoms. The number of hydrogen-bond donors (Lipinski definition) is 1. The molecule has 0 saturated heterocycles. The molecule has 0 atom stereocenters. The summed E-state index contributed by atoms with van der Waals surface area (Å²) in [6.07, 6.45) is 0. The van der Waals surface area contributed by atoms with Crippen LogP contribution in [0.2, 0.25) is 0 Å². The Morgan fingerprint density at radius 1 is 1.37 bits per heavy atom. The first-order chi connectivity index (χ1) is 9.19. The molecule has 0 bridgehead atoms. The Morgan fingerprint density at radius 3 is 2.74 bits per heavy atom. The zero-order chi connectivity index (χ0) is 13.7. The van der Waals surface area contributed by atoms with Gasteiger partial charge in [0.2, 0.25) is 5.13 Å². The summed E-state index contributed by atoms with van der Waals surface area (Å²) >= 11 is 1.42. The number of ether oxygens (including phenoxy) is 1. The second kappa shape index (κ2) is 6.10. The van der Waals surface area contributed by atoms with Crippen molar-refractivity contribution in [3.63, 3.8) is 0 Å². The molecule has 0 fully saturated rings. The van der Waals surface area contributed by atoms with Crippen LogP contribution in [0.15, 0.2) is 24.3 Å². The lowest BCUT2D eigenvalue weighted by molar-refractivity contribution is -0.384. The first kappa shape index (κ1) is 13.2. The molecule has 0 aliphatic heterocycles. The molecule has 0 saturated carbocycles. The van der Waals surface area contributed by atoms with E-state index in [9.17, 15) is 10.1 Å². The van der Waals surface area contributed by atoms with E-state index in [0.717, 1.165) is 16.7 Å². The van der Waals surface area contributed by atoms with Crippen molar-refractivity contribution in [2.75, 3.05) is 11.9 Å². The maximum Gasteiger partial charge on any atom is 0.269 e. The van der Waals surface area contributed by atoms with E-state index >= 15 is 0 Å². The molecular formula is C11H12N4O3S. The van der Waals surface area contributed by atoms with Crippen LogP contribution in [0.4, 0.5) is 10.8 Å². The molecule has 0 unspecified atom stereocenters. The van der Waals surface area contributed by atoms with E-state index in [1.54, 1.807) is 12.1 Å². The summed E-state index contributed by atoms with van der Waals surface area (Å²) in [7, 11) is 0.